The zero-order valence-electron chi connectivity index (χ0n) is 15.6. The fourth-order valence-electron chi connectivity index (χ4n) is 2.46. The highest BCUT2D eigenvalue weighted by molar-refractivity contribution is 6.34. The number of carbonyl (C=O) groups is 2. The van der Waals surface area contributed by atoms with Crippen LogP contribution in [0.2, 0.25) is 5.02 Å². The van der Waals surface area contributed by atoms with Crippen molar-refractivity contribution in [1.82, 2.24) is 5.32 Å². The maximum absolute atomic E-state index is 12.6. The first-order chi connectivity index (χ1) is 14.1. The van der Waals surface area contributed by atoms with Crippen LogP contribution in [0.5, 0.6) is 5.75 Å². The molecule has 3 rings (SSSR count). The molecule has 0 aliphatic carbocycles. The summed E-state index contributed by atoms with van der Waals surface area (Å²) in [5.41, 5.74) is 0.885. The monoisotopic (exact) mass is 411 g/mol. The SMILES string of the molecule is COc1ccc(/C=C(\NC(=O)c2ccccc2Cl)C(=O)OCc2ccco2)cc1. The van der Waals surface area contributed by atoms with E-state index in [1.165, 1.54) is 12.3 Å². The minimum absolute atomic E-state index is 0.0355. The molecular formula is C22H18ClNO5. The first-order valence-corrected chi connectivity index (χ1v) is 9.06. The Morgan fingerprint density at radius 2 is 1.83 bits per heavy atom. The van der Waals surface area contributed by atoms with E-state index >= 15 is 0 Å². The Labute approximate surface area is 172 Å². The second-order valence-corrected chi connectivity index (χ2v) is 6.33. The van der Waals surface area contributed by atoms with Crippen LogP contribution in [0.3, 0.4) is 0 Å². The minimum Gasteiger partial charge on any atom is -0.497 e. The third kappa shape index (κ3) is 5.49. The summed E-state index contributed by atoms with van der Waals surface area (Å²) in [4.78, 5) is 25.2. The van der Waals surface area contributed by atoms with E-state index in [0.717, 1.165) is 0 Å². The first-order valence-electron chi connectivity index (χ1n) is 8.68. The lowest BCUT2D eigenvalue weighted by Crippen LogP contribution is -2.28. The number of methoxy groups -OCH3 is 1. The number of furan rings is 1. The Kier molecular flexibility index (Phi) is 6.71. The lowest BCUT2D eigenvalue weighted by Gasteiger charge is -2.11. The van der Waals surface area contributed by atoms with E-state index in [1.54, 1.807) is 67.8 Å². The van der Waals surface area contributed by atoms with E-state index < -0.39 is 11.9 Å². The zero-order valence-corrected chi connectivity index (χ0v) is 16.3. The predicted molar refractivity (Wildman–Crippen MR) is 108 cm³/mol. The lowest BCUT2D eigenvalue weighted by molar-refractivity contribution is -0.141. The number of halogens is 1. The number of rotatable bonds is 7. The van der Waals surface area contributed by atoms with E-state index in [0.29, 0.717) is 17.1 Å². The van der Waals surface area contributed by atoms with Gasteiger partial charge in [0.25, 0.3) is 5.91 Å². The van der Waals surface area contributed by atoms with Gasteiger partial charge in [0.15, 0.2) is 0 Å². The van der Waals surface area contributed by atoms with Crippen LogP contribution in [0.15, 0.2) is 77.0 Å². The predicted octanol–water partition coefficient (Wildman–Crippen LogP) is 4.46. The highest BCUT2D eigenvalue weighted by Gasteiger charge is 2.18. The molecule has 0 aliphatic heterocycles. The van der Waals surface area contributed by atoms with Crippen LogP contribution in [-0.4, -0.2) is 19.0 Å². The Balaban J connectivity index is 1.83. The number of carbonyl (C=O) groups excluding carboxylic acids is 2. The average Bonchev–Trinajstić information content (AvgIpc) is 3.26. The molecule has 0 bridgehead atoms. The summed E-state index contributed by atoms with van der Waals surface area (Å²) in [6.45, 7) is -0.0618. The van der Waals surface area contributed by atoms with Crippen molar-refractivity contribution in [3.8, 4) is 5.75 Å². The van der Waals surface area contributed by atoms with Gasteiger partial charge >= 0.3 is 5.97 Å². The second kappa shape index (κ2) is 9.61. The second-order valence-electron chi connectivity index (χ2n) is 5.92. The molecule has 29 heavy (non-hydrogen) atoms. The van der Waals surface area contributed by atoms with Crippen molar-refractivity contribution in [3.63, 3.8) is 0 Å². The highest BCUT2D eigenvalue weighted by atomic mass is 35.5. The maximum atomic E-state index is 12.6. The van der Waals surface area contributed by atoms with E-state index in [4.69, 9.17) is 25.5 Å². The summed E-state index contributed by atoms with van der Waals surface area (Å²) in [6, 6.07) is 16.9. The Morgan fingerprint density at radius 3 is 2.48 bits per heavy atom. The topological polar surface area (TPSA) is 77.8 Å². The first kappa shape index (κ1) is 20.2. The molecule has 0 unspecified atom stereocenters. The van der Waals surface area contributed by atoms with Crippen molar-refractivity contribution in [2.24, 2.45) is 0 Å². The standard InChI is InChI=1S/C22H18ClNO5/c1-27-16-10-8-15(9-11-16)13-20(22(26)29-14-17-5-4-12-28-17)24-21(25)18-6-2-3-7-19(18)23/h2-13H,14H2,1H3,(H,24,25)/b20-13-. The van der Waals surface area contributed by atoms with Gasteiger partial charge in [-0.1, -0.05) is 35.9 Å². The summed E-state index contributed by atoms with van der Waals surface area (Å²) < 4.78 is 15.5. The van der Waals surface area contributed by atoms with Gasteiger partial charge in [-0.15, -0.1) is 0 Å². The van der Waals surface area contributed by atoms with Gasteiger partial charge in [-0.05, 0) is 48.0 Å². The van der Waals surface area contributed by atoms with E-state index in [2.05, 4.69) is 5.32 Å². The summed E-state index contributed by atoms with van der Waals surface area (Å²) in [7, 11) is 1.56. The van der Waals surface area contributed by atoms with Gasteiger partial charge < -0.3 is 19.2 Å². The normalized spacial score (nSPS) is 11.0. The van der Waals surface area contributed by atoms with Crippen molar-refractivity contribution < 1.29 is 23.5 Å². The quantitative estimate of drug-likeness (QED) is 0.459. The van der Waals surface area contributed by atoms with E-state index in [9.17, 15) is 9.59 Å². The molecule has 148 valence electrons. The number of hydrogen-bond acceptors (Lipinski definition) is 5. The molecule has 0 fully saturated rings. The molecule has 0 aliphatic rings. The van der Waals surface area contributed by atoms with Crippen LogP contribution in [0.4, 0.5) is 0 Å². The molecule has 3 aromatic rings. The third-order valence-electron chi connectivity index (χ3n) is 3.94. The number of esters is 1. The number of nitrogens with one attached hydrogen (secondary N) is 1. The van der Waals surface area contributed by atoms with Gasteiger partial charge in [0.2, 0.25) is 0 Å². The fourth-order valence-corrected chi connectivity index (χ4v) is 2.68. The molecule has 7 heteroatoms. The van der Waals surface area contributed by atoms with Crippen molar-refractivity contribution >= 4 is 29.6 Å². The van der Waals surface area contributed by atoms with Crippen LogP contribution in [0, 0.1) is 0 Å². The van der Waals surface area contributed by atoms with Crippen LogP contribution in [0.1, 0.15) is 21.7 Å². The largest absolute Gasteiger partial charge is 0.497 e. The van der Waals surface area contributed by atoms with Gasteiger partial charge in [0.05, 0.1) is 24.0 Å². The molecule has 0 saturated carbocycles. The van der Waals surface area contributed by atoms with Crippen molar-refractivity contribution in [2.45, 2.75) is 6.61 Å². The zero-order chi connectivity index (χ0) is 20.6. The molecule has 2 aromatic carbocycles. The molecule has 6 nitrogen and oxygen atoms in total. The van der Waals surface area contributed by atoms with Gasteiger partial charge in [-0.2, -0.15) is 0 Å². The molecule has 0 radical (unpaired) electrons. The Hall–Kier alpha value is -3.51. The average molecular weight is 412 g/mol. The van der Waals surface area contributed by atoms with Crippen LogP contribution in [0.25, 0.3) is 6.08 Å². The summed E-state index contributed by atoms with van der Waals surface area (Å²) in [6.07, 6.45) is 3.00. The molecular weight excluding hydrogens is 394 g/mol. The van der Waals surface area contributed by atoms with Crippen molar-refractivity contribution in [2.75, 3.05) is 7.11 Å². The molecule has 1 amide bonds. The minimum atomic E-state index is -0.711. The Bertz CT molecular complexity index is 1010. The summed E-state index contributed by atoms with van der Waals surface area (Å²) in [5.74, 6) is -0.0771. The van der Waals surface area contributed by atoms with Gasteiger partial charge in [0, 0.05) is 0 Å². The fraction of sp³-hybridized carbons (Fsp3) is 0.0909. The van der Waals surface area contributed by atoms with Gasteiger partial charge in [0.1, 0.15) is 23.8 Å². The van der Waals surface area contributed by atoms with Crippen LogP contribution in [-0.2, 0) is 16.1 Å². The molecule has 0 saturated heterocycles. The molecule has 1 heterocycles. The number of hydrogen-bond donors (Lipinski definition) is 1. The van der Waals surface area contributed by atoms with E-state index in [-0.39, 0.29) is 22.9 Å². The maximum Gasteiger partial charge on any atom is 0.355 e. The van der Waals surface area contributed by atoms with Crippen LogP contribution >= 0.6 is 11.6 Å². The van der Waals surface area contributed by atoms with Crippen LogP contribution < -0.4 is 10.1 Å². The third-order valence-corrected chi connectivity index (χ3v) is 4.27. The van der Waals surface area contributed by atoms with Crippen molar-refractivity contribution in [3.05, 3.63) is 94.5 Å². The molecule has 1 N–H and O–H groups in total. The van der Waals surface area contributed by atoms with Gasteiger partial charge in [-0.3, -0.25) is 4.79 Å². The smallest absolute Gasteiger partial charge is 0.355 e. The summed E-state index contributed by atoms with van der Waals surface area (Å²) in [5, 5.41) is 2.86. The van der Waals surface area contributed by atoms with Crippen molar-refractivity contribution in [1.29, 1.82) is 0 Å². The molecule has 1 aromatic heterocycles. The number of amides is 1. The van der Waals surface area contributed by atoms with Gasteiger partial charge in [-0.25, -0.2) is 4.79 Å². The lowest BCUT2D eigenvalue weighted by atomic mass is 10.1. The molecule has 0 spiro atoms. The number of benzene rings is 2. The van der Waals surface area contributed by atoms with E-state index in [1.807, 2.05) is 0 Å². The number of ether oxygens (including phenoxy) is 2. The summed E-state index contributed by atoms with van der Waals surface area (Å²) >= 11 is 6.08. The molecule has 0 atom stereocenters. The highest BCUT2D eigenvalue weighted by Crippen LogP contribution is 2.17. The Morgan fingerprint density at radius 1 is 1.07 bits per heavy atom.